The molecular weight excluding hydrogens is 394 g/mol. The molecule has 0 bridgehead atoms. The maximum atomic E-state index is 12.2. The Bertz CT molecular complexity index is 898. The van der Waals surface area contributed by atoms with Crippen molar-refractivity contribution in [2.24, 2.45) is 0 Å². The molecule has 26 heavy (non-hydrogen) atoms. The van der Waals surface area contributed by atoms with E-state index in [9.17, 15) is 13.2 Å². The highest BCUT2D eigenvalue weighted by Crippen LogP contribution is 2.24. The molecule has 2 heterocycles. The number of anilines is 1. The second kappa shape index (κ2) is 8.04. The van der Waals surface area contributed by atoms with E-state index in [-0.39, 0.29) is 30.0 Å². The molecule has 1 fully saturated rings. The van der Waals surface area contributed by atoms with Crippen LogP contribution in [0.2, 0.25) is 5.02 Å². The van der Waals surface area contributed by atoms with E-state index in [1.54, 1.807) is 18.1 Å². The van der Waals surface area contributed by atoms with Gasteiger partial charge < -0.3 is 5.32 Å². The number of likely N-dealkylation sites (N-methyl/N-ethyl adjacent to an activating group) is 1. The molecule has 3 rings (SSSR count). The molecule has 1 aromatic carbocycles. The van der Waals surface area contributed by atoms with Crippen molar-refractivity contribution in [1.29, 1.82) is 0 Å². The summed E-state index contributed by atoms with van der Waals surface area (Å²) >= 11 is 7.58. The molecule has 1 unspecified atom stereocenters. The van der Waals surface area contributed by atoms with Crippen LogP contribution in [-0.2, 0) is 21.1 Å². The molecule has 1 aliphatic heterocycles. The molecule has 1 aliphatic rings. The standard InChI is InChI=1S/C17H20ClN3O3S2/c1-21(13-6-7-26(23,24)11-13)10-16(22)20-17-19-9-14(25-17)8-12-4-2-3-5-15(12)18/h2-5,9,13H,6-8,10-11H2,1H3,(H,19,20,22). The molecule has 0 saturated carbocycles. The van der Waals surface area contributed by atoms with Crippen molar-refractivity contribution in [3.63, 3.8) is 0 Å². The van der Waals surface area contributed by atoms with E-state index in [0.717, 1.165) is 10.4 Å². The number of carbonyl (C=O) groups excluding carboxylic acids is 1. The Morgan fingerprint density at radius 2 is 2.19 bits per heavy atom. The molecule has 1 saturated heterocycles. The molecular formula is C17H20ClN3O3S2. The van der Waals surface area contributed by atoms with Crippen molar-refractivity contribution in [2.75, 3.05) is 30.4 Å². The number of hydrogen-bond donors (Lipinski definition) is 1. The molecule has 1 amide bonds. The highest BCUT2D eigenvalue weighted by Gasteiger charge is 2.31. The molecule has 0 aliphatic carbocycles. The topological polar surface area (TPSA) is 79.4 Å². The zero-order chi connectivity index (χ0) is 18.7. The third kappa shape index (κ3) is 5.03. The molecule has 0 spiro atoms. The predicted octanol–water partition coefficient (Wildman–Crippen LogP) is 2.44. The number of halogens is 1. The second-order valence-corrected chi connectivity index (χ2v) is 10.2. The Labute approximate surface area is 162 Å². The molecule has 6 nitrogen and oxygen atoms in total. The minimum absolute atomic E-state index is 0.0992. The first kappa shape index (κ1) is 19.3. The van der Waals surface area contributed by atoms with E-state index in [2.05, 4.69) is 10.3 Å². The van der Waals surface area contributed by atoms with Gasteiger partial charge >= 0.3 is 0 Å². The number of sulfone groups is 1. The van der Waals surface area contributed by atoms with Crippen LogP contribution in [0.1, 0.15) is 16.9 Å². The Balaban J connectivity index is 1.54. The molecule has 140 valence electrons. The van der Waals surface area contributed by atoms with Crippen LogP contribution in [0.4, 0.5) is 5.13 Å². The van der Waals surface area contributed by atoms with Gasteiger partial charge in [0.1, 0.15) is 0 Å². The lowest BCUT2D eigenvalue weighted by Gasteiger charge is -2.21. The normalized spacial score (nSPS) is 19.0. The second-order valence-electron chi connectivity index (χ2n) is 6.42. The fraction of sp³-hybridized carbons (Fsp3) is 0.412. The number of hydrogen-bond acceptors (Lipinski definition) is 6. The van der Waals surface area contributed by atoms with Gasteiger partial charge in [-0.05, 0) is 25.1 Å². The van der Waals surface area contributed by atoms with Crippen LogP contribution in [0.3, 0.4) is 0 Å². The summed E-state index contributed by atoms with van der Waals surface area (Å²) in [5, 5.41) is 4.02. The van der Waals surface area contributed by atoms with Gasteiger partial charge in [-0.2, -0.15) is 0 Å². The number of carbonyl (C=O) groups is 1. The third-order valence-corrected chi connectivity index (χ3v) is 7.38. The van der Waals surface area contributed by atoms with Crippen molar-refractivity contribution in [1.82, 2.24) is 9.88 Å². The number of rotatable bonds is 6. The largest absolute Gasteiger partial charge is 0.301 e. The average Bonchev–Trinajstić information content (AvgIpc) is 3.15. The fourth-order valence-corrected chi connectivity index (χ4v) is 5.77. The van der Waals surface area contributed by atoms with Crippen molar-refractivity contribution < 1.29 is 13.2 Å². The number of nitrogens with zero attached hydrogens (tertiary/aromatic N) is 2. The van der Waals surface area contributed by atoms with Crippen LogP contribution >= 0.6 is 22.9 Å². The van der Waals surface area contributed by atoms with Crippen molar-refractivity contribution in [3.05, 3.63) is 45.9 Å². The van der Waals surface area contributed by atoms with Crippen LogP contribution in [0.15, 0.2) is 30.5 Å². The maximum absolute atomic E-state index is 12.2. The Morgan fingerprint density at radius 3 is 2.88 bits per heavy atom. The zero-order valence-electron chi connectivity index (χ0n) is 14.3. The van der Waals surface area contributed by atoms with Crippen molar-refractivity contribution in [2.45, 2.75) is 18.9 Å². The van der Waals surface area contributed by atoms with Gasteiger partial charge in [0, 0.05) is 28.6 Å². The van der Waals surface area contributed by atoms with Crippen LogP contribution < -0.4 is 5.32 Å². The fourth-order valence-electron chi connectivity index (χ4n) is 2.91. The minimum Gasteiger partial charge on any atom is -0.301 e. The van der Waals surface area contributed by atoms with E-state index in [0.29, 0.717) is 23.0 Å². The summed E-state index contributed by atoms with van der Waals surface area (Å²) in [6.07, 6.45) is 2.97. The van der Waals surface area contributed by atoms with E-state index < -0.39 is 9.84 Å². The van der Waals surface area contributed by atoms with Gasteiger partial charge in [-0.15, -0.1) is 11.3 Å². The number of aromatic nitrogens is 1. The quantitative estimate of drug-likeness (QED) is 0.786. The summed E-state index contributed by atoms with van der Waals surface area (Å²) in [7, 11) is -1.19. The number of thiazole rings is 1. The predicted molar refractivity (Wildman–Crippen MR) is 105 cm³/mol. The van der Waals surface area contributed by atoms with Crippen LogP contribution in [0, 0.1) is 0 Å². The maximum Gasteiger partial charge on any atom is 0.240 e. The number of benzene rings is 1. The van der Waals surface area contributed by atoms with Gasteiger partial charge in [-0.1, -0.05) is 29.8 Å². The molecule has 1 N–H and O–H groups in total. The lowest BCUT2D eigenvalue weighted by Crippen LogP contribution is -2.38. The Hall–Kier alpha value is -1.48. The average molecular weight is 414 g/mol. The van der Waals surface area contributed by atoms with E-state index >= 15 is 0 Å². The number of nitrogens with one attached hydrogen (secondary N) is 1. The Morgan fingerprint density at radius 1 is 1.42 bits per heavy atom. The lowest BCUT2D eigenvalue weighted by atomic mass is 10.1. The summed E-state index contributed by atoms with van der Waals surface area (Å²) in [4.78, 5) is 19.2. The van der Waals surface area contributed by atoms with E-state index in [4.69, 9.17) is 11.6 Å². The molecule has 1 aromatic heterocycles. The van der Waals surface area contributed by atoms with Gasteiger partial charge in [-0.25, -0.2) is 13.4 Å². The monoisotopic (exact) mass is 413 g/mol. The van der Waals surface area contributed by atoms with Crippen LogP contribution in [0.25, 0.3) is 0 Å². The lowest BCUT2D eigenvalue weighted by molar-refractivity contribution is -0.117. The highest BCUT2D eigenvalue weighted by atomic mass is 35.5. The van der Waals surface area contributed by atoms with Gasteiger partial charge in [-0.3, -0.25) is 9.69 Å². The molecule has 0 radical (unpaired) electrons. The van der Waals surface area contributed by atoms with Crippen molar-refractivity contribution >= 4 is 43.8 Å². The van der Waals surface area contributed by atoms with Crippen LogP contribution in [0.5, 0.6) is 0 Å². The smallest absolute Gasteiger partial charge is 0.240 e. The van der Waals surface area contributed by atoms with Crippen LogP contribution in [-0.4, -0.2) is 55.3 Å². The SMILES string of the molecule is CN(CC(=O)Nc1ncc(Cc2ccccc2Cl)s1)C1CCS(=O)(=O)C1. The summed E-state index contributed by atoms with van der Waals surface area (Å²) in [5.74, 6) is 0.118. The van der Waals surface area contributed by atoms with Gasteiger partial charge in [0.05, 0.1) is 18.1 Å². The summed E-state index contributed by atoms with van der Waals surface area (Å²) in [6.45, 7) is 0.139. The van der Waals surface area contributed by atoms with E-state index in [1.165, 1.54) is 11.3 Å². The minimum atomic E-state index is -2.96. The third-order valence-electron chi connectivity index (χ3n) is 4.35. The molecule has 9 heteroatoms. The van der Waals surface area contributed by atoms with Gasteiger partial charge in [0.25, 0.3) is 0 Å². The zero-order valence-corrected chi connectivity index (χ0v) is 16.7. The first-order chi connectivity index (χ1) is 12.3. The Kier molecular flexibility index (Phi) is 5.96. The molecule has 1 atom stereocenters. The summed E-state index contributed by atoms with van der Waals surface area (Å²) in [5.41, 5.74) is 1.01. The van der Waals surface area contributed by atoms with E-state index in [1.807, 2.05) is 24.3 Å². The van der Waals surface area contributed by atoms with Gasteiger partial charge in [0.2, 0.25) is 5.91 Å². The first-order valence-electron chi connectivity index (χ1n) is 8.21. The summed E-state index contributed by atoms with van der Waals surface area (Å²) < 4.78 is 23.1. The van der Waals surface area contributed by atoms with Gasteiger partial charge in [0.15, 0.2) is 15.0 Å². The molecule has 2 aromatic rings. The first-order valence-corrected chi connectivity index (χ1v) is 11.2. The number of amides is 1. The van der Waals surface area contributed by atoms with Crippen molar-refractivity contribution in [3.8, 4) is 0 Å². The summed E-state index contributed by atoms with van der Waals surface area (Å²) in [6, 6.07) is 7.53. The highest BCUT2D eigenvalue weighted by molar-refractivity contribution is 7.91.